The molecule has 2 rings (SSSR count). The van der Waals surface area contributed by atoms with E-state index in [1.54, 1.807) is 0 Å². The van der Waals surface area contributed by atoms with Crippen LogP contribution in [0.3, 0.4) is 0 Å². The van der Waals surface area contributed by atoms with E-state index in [4.69, 9.17) is 0 Å². The monoisotopic (exact) mass is 299 g/mol. The largest absolute Gasteiger partial charge is 0.326 e. The van der Waals surface area contributed by atoms with Gasteiger partial charge in [0.1, 0.15) is 0 Å². The number of nitrogens with one attached hydrogen (secondary N) is 1. The molecule has 1 saturated carbocycles. The Morgan fingerprint density at radius 2 is 1.86 bits per heavy atom. The predicted octanol–water partition coefficient (Wildman–Crippen LogP) is 4.44. The fourth-order valence-electron chi connectivity index (χ4n) is 3.01. The molecule has 0 saturated heterocycles. The zero-order chi connectivity index (χ0) is 16.3. The smallest absolute Gasteiger partial charge is 0.221 e. The lowest BCUT2D eigenvalue weighted by molar-refractivity contribution is -0.123. The molecule has 0 unspecified atom stereocenters. The summed E-state index contributed by atoms with van der Waals surface area (Å²) in [5, 5.41) is 2.74. The number of allylic oxidation sites excluding steroid dienone is 1. The maximum absolute atomic E-state index is 12.7. The average Bonchev–Trinajstić information content (AvgIpc) is 2.41. The molecule has 0 radical (unpaired) electrons. The van der Waals surface area contributed by atoms with E-state index in [0.717, 1.165) is 36.1 Å². The van der Waals surface area contributed by atoms with E-state index in [-0.39, 0.29) is 17.2 Å². The zero-order valence-corrected chi connectivity index (χ0v) is 13.9. The van der Waals surface area contributed by atoms with Crippen LogP contribution in [0.1, 0.15) is 52.5 Å². The minimum Gasteiger partial charge on any atom is -0.326 e. The van der Waals surface area contributed by atoms with Crippen molar-refractivity contribution in [1.29, 1.82) is 0 Å². The van der Waals surface area contributed by atoms with Gasteiger partial charge in [0.05, 0.1) is 0 Å². The van der Waals surface area contributed by atoms with Crippen LogP contribution in [-0.4, -0.2) is 11.7 Å². The molecule has 1 aromatic carbocycles. The minimum absolute atomic E-state index is 0.0197. The van der Waals surface area contributed by atoms with Gasteiger partial charge >= 0.3 is 0 Å². The number of Topliss-reactive ketones (excluding diaryl/α,β-unsaturated/α-hetero) is 1. The quantitative estimate of drug-likeness (QED) is 0.820. The van der Waals surface area contributed by atoms with Crippen LogP contribution in [0, 0.1) is 11.3 Å². The van der Waals surface area contributed by atoms with Crippen molar-refractivity contribution in [3.05, 3.63) is 35.4 Å². The summed E-state index contributed by atoms with van der Waals surface area (Å²) in [6.07, 6.45) is 4.92. The Labute approximate surface area is 132 Å². The first-order valence-electron chi connectivity index (χ1n) is 7.90. The van der Waals surface area contributed by atoms with E-state index in [0.29, 0.717) is 5.78 Å². The summed E-state index contributed by atoms with van der Waals surface area (Å²) in [5.41, 5.74) is 2.73. The van der Waals surface area contributed by atoms with Gasteiger partial charge in [-0.05, 0) is 54.0 Å². The highest BCUT2D eigenvalue weighted by atomic mass is 16.1. The van der Waals surface area contributed by atoms with Crippen LogP contribution < -0.4 is 5.32 Å². The number of hydrogen-bond acceptors (Lipinski definition) is 2. The minimum atomic E-state index is -0.0819. The topological polar surface area (TPSA) is 46.2 Å². The number of carbonyl (C=O) groups excluding carboxylic acids is 2. The Morgan fingerprint density at radius 3 is 2.41 bits per heavy atom. The maximum Gasteiger partial charge on any atom is 0.221 e. The Morgan fingerprint density at radius 1 is 1.23 bits per heavy atom. The first-order valence-corrected chi connectivity index (χ1v) is 7.90. The van der Waals surface area contributed by atoms with Crippen molar-refractivity contribution in [2.45, 2.75) is 47.0 Å². The molecule has 1 fully saturated rings. The second-order valence-electron chi connectivity index (χ2n) is 7.15. The summed E-state index contributed by atoms with van der Waals surface area (Å²) in [5.74, 6) is 0.331. The summed E-state index contributed by atoms with van der Waals surface area (Å²) >= 11 is 0. The fourth-order valence-corrected chi connectivity index (χ4v) is 3.01. The molecule has 0 bridgehead atoms. The van der Waals surface area contributed by atoms with Crippen molar-refractivity contribution in [2.24, 2.45) is 11.3 Å². The third-order valence-electron chi connectivity index (χ3n) is 4.19. The molecule has 3 nitrogen and oxygen atoms in total. The van der Waals surface area contributed by atoms with E-state index in [1.807, 2.05) is 30.3 Å². The standard InChI is InChI=1S/C19H25NO2/c1-13(21)20-16-10-8-14(9-11-16)12-15-6-5-7-17(18(15)22)19(2,3)4/h8-12,17H,5-7H2,1-4H3,(H,20,21)/b15-12+/t17-/m1/s1. The molecule has 1 atom stereocenters. The van der Waals surface area contributed by atoms with E-state index in [1.165, 1.54) is 6.92 Å². The van der Waals surface area contributed by atoms with Gasteiger partial charge in [-0.2, -0.15) is 0 Å². The lowest BCUT2D eigenvalue weighted by Gasteiger charge is -2.33. The van der Waals surface area contributed by atoms with Crippen LogP contribution in [0.5, 0.6) is 0 Å². The lowest BCUT2D eigenvalue weighted by Crippen LogP contribution is -2.32. The normalized spacial score (nSPS) is 21.0. The van der Waals surface area contributed by atoms with Gasteiger partial charge in [-0.1, -0.05) is 32.9 Å². The van der Waals surface area contributed by atoms with Gasteiger partial charge in [-0.25, -0.2) is 0 Å². The summed E-state index contributed by atoms with van der Waals surface area (Å²) in [6.45, 7) is 7.91. The van der Waals surface area contributed by atoms with Crippen molar-refractivity contribution in [3.8, 4) is 0 Å². The molecule has 0 aromatic heterocycles. The molecule has 22 heavy (non-hydrogen) atoms. The Hall–Kier alpha value is -1.90. The van der Waals surface area contributed by atoms with Gasteiger partial charge in [-0.15, -0.1) is 0 Å². The highest BCUT2D eigenvalue weighted by Crippen LogP contribution is 2.38. The highest BCUT2D eigenvalue weighted by molar-refractivity contribution is 6.02. The van der Waals surface area contributed by atoms with E-state index < -0.39 is 0 Å². The maximum atomic E-state index is 12.7. The highest BCUT2D eigenvalue weighted by Gasteiger charge is 2.35. The number of benzene rings is 1. The molecule has 0 aliphatic heterocycles. The first-order chi connectivity index (χ1) is 10.3. The zero-order valence-electron chi connectivity index (χ0n) is 13.9. The van der Waals surface area contributed by atoms with Gasteiger partial charge in [0.2, 0.25) is 5.91 Å². The Bertz CT molecular complexity index is 591. The molecule has 118 valence electrons. The number of anilines is 1. The molecule has 0 spiro atoms. The van der Waals surface area contributed by atoms with Gasteiger partial charge in [0.15, 0.2) is 5.78 Å². The van der Waals surface area contributed by atoms with Gasteiger partial charge in [0, 0.05) is 18.5 Å². The fraction of sp³-hybridized carbons (Fsp3) is 0.474. The van der Waals surface area contributed by atoms with E-state index in [9.17, 15) is 9.59 Å². The number of rotatable bonds is 2. The Balaban J connectivity index is 2.17. The summed E-state index contributed by atoms with van der Waals surface area (Å²) in [6, 6.07) is 7.60. The molecule has 1 amide bonds. The third kappa shape index (κ3) is 4.06. The van der Waals surface area contributed by atoms with Crippen molar-refractivity contribution >= 4 is 23.5 Å². The number of carbonyl (C=O) groups is 2. The van der Waals surface area contributed by atoms with Gasteiger partial charge in [0.25, 0.3) is 0 Å². The van der Waals surface area contributed by atoms with Crippen molar-refractivity contribution in [2.75, 3.05) is 5.32 Å². The van der Waals surface area contributed by atoms with Crippen LogP contribution in [0.4, 0.5) is 5.69 Å². The third-order valence-corrected chi connectivity index (χ3v) is 4.19. The second-order valence-corrected chi connectivity index (χ2v) is 7.15. The second kappa shape index (κ2) is 6.47. The predicted molar refractivity (Wildman–Crippen MR) is 90.5 cm³/mol. The van der Waals surface area contributed by atoms with Crippen LogP contribution in [0.25, 0.3) is 6.08 Å². The molecule has 1 N–H and O–H groups in total. The van der Waals surface area contributed by atoms with E-state index >= 15 is 0 Å². The van der Waals surface area contributed by atoms with Gasteiger partial charge in [-0.3, -0.25) is 9.59 Å². The van der Waals surface area contributed by atoms with Crippen LogP contribution in [0.2, 0.25) is 0 Å². The van der Waals surface area contributed by atoms with Crippen molar-refractivity contribution in [1.82, 2.24) is 0 Å². The summed E-state index contributed by atoms with van der Waals surface area (Å²) in [4.78, 5) is 23.7. The molecule has 3 heteroatoms. The molecular formula is C19H25NO2. The van der Waals surface area contributed by atoms with Gasteiger partial charge < -0.3 is 5.32 Å². The molecule has 1 aliphatic carbocycles. The lowest BCUT2D eigenvalue weighted by atomic mass is 9.70. The SMILES string of the molecule is CC(=O)Nc1ccc(/C=C2\CCC[C@@H](C(C)(C)C)C2=O)cc1. The number of ketones is 1. The van der Waals surface area contributed by atoms with Crippen molar-refractivity contribution < 1.29 is 9.59 Å². The number of hydrogen-bond donors (Lipinski definition) is 1. The Kier molecular flexibility index (Phi) is 4.84. The van der Waals surface area contributed by atoms with Crippen LogP contribution in [-0.2, 0) is 9.59 Å². The average molecular weight is 299 g/mol. The first kappa shape index (κ1) is 16.5. The van der Waals surface area contributed by atoms with Crippen LogP contribution >= 0.6 is 0 Å². The molecule has 1 aromatic rings. The summed E-state index contributed by atoms with van der Waals surface area (Å²) in [7, 11) is 0. The molecule has 0 heterocycles. The molecule has 1 aliphatic rings. The van der Waals surface area contributed by atoms with Crippen LogP contribution in [0.15, 0.2) is 29.8 Å². The number of amides is 1. The van der Waals surface area contributed by atoms with E-state index in [2.05, 4.69) is 26.1 Å². The van der Waals surface area contributed by atoms with Crippen molar-refractivity contribution in [3.63, 3.8) is 0 Å². The summed E-state index contributed by atoms with van der Waals surface area (Å²) < 4.78 is 0. The molecular weight excluding hydrogens is 274 g/mol.